The zero-order valence-corrected chi connectivity index (χ0v) is 17.2. The van der Waals surface area contributed by atoms with Crippen LogP contribution in [0.4, 0.5) is 5.69 Å². The minimum atomic E-state index is -3.63. The zero-order valence-electron chi connectivity index (χ0n) is 16.4. The summed E-state index contributed by atoms with van der Waals surface area (Å²) in [6, 6.07) is 4.75. The van der Waals surface area contributed by atoms with Gasteiger partial charge in [0.15, 0.2) is 0 Å². The van der Waals surface area contributed by atoms with E-state index in [0.29, 0.717) is 45.1 Å². The van der Waals surface area contributed by atoms with E-state index in [1.54, 1.807) is 19.1 Å². The molecule has 2 aliphatic rings. The number of ether oxygens (including phenoxy) is 2. The Bertz CT molecular complexity index is 825. The summed E-state index contributed by atoms with van der Waals surface area (Å²) < 4.78 is 38.3. The molecule has 1 aromatic rings. The number of carbonyl (C=O) groups is 1. The largest absolute Gasteiger partial charge is 0.458 e. The second-order valence-electron chi connectivity index (χ2n) is 7.28. The van der Waals surface area contributed by atoms with Gasteiger partial charge < -0.3 is 14.4 Å². The van der Waals surface area contributed by atoms with Crippen molar-refractivity contribution >= 4 is 21.7 Å². The van der Waals surface area contributed by atoms with Crippen LogP contribution >= 0.6 is 0 Å². The Morgan fingerprint density at radius 2 is 1.82 bits per heavy atom. The maximum absolute atomic E-state index is 13.0. The number of rotatable bonds is 6. The standard InChI is InChI=1S/C20H28N2O5S/c1-16(2)15-27-20(23)18-14-17(28(24,25)22-8-4-3-5-9-22)6-7-19(18)21-10-12-26-13-11-21/h6-7,14H,1,3-5,8-13,15H2,2H3. The Labute approximate surface area is 167 Å². The zero-order chi connectivity index (χ0) is 20.1. The van der Waals surface area contributed by atoms with Gasteiger partial charge in [0.25, 0.3) is 0 Å². The van der Waals surface area contributed by atoms with E-state index in [1.165, 1.54) is 10.4 Å². The van der Waals surface area contributed by atoms with Gasteiger partial charge in [0, 0.05) is 26.2 Å². The molecule has 7 nitrogen and oxygen atoms in total. The lowest BCUT2D eigenvalue weighted by molar-refractivity contribution is 0.0540. The van der Waals surface area contributed by atoms with E-state index in [1.807, 2.05) is 4.90 Å². The molecule has 1 aromatic carbocycles. The van der Waals surface area contributed by atoms with Gasteiger partial charge in [-0.2, -0.15) is 4.31 Å². The Balaban J connectivity index is 1.95. The van der Waals surface area contributed by atoms with Crippen molar-refractivity contribution in [2.45, 2.75) is 31.1 Å². The van der Waals surface area contributed by atoms with Crippen LogP contribution in [-0.2, 0) is 19.5 Å². The topological polar surface area (TPSA) is 76.2 Å². The van der Waals surface area contributed by atoms with Crippen molar-refractivity contribution in [1.29, 1.82) is 0 Å². The monoisotopic (exact) mass is 408 g/mol. The first kappa shape index (κ1) is 20.8. The third-order valence-corrected chi connectivity index (χ3v) is 6.84. The number of hydrogen-bond donors (Lipinski definition) is 0. The Morgan fingerprint density at radius 1 is 1.14 bits per heavy atom. The molecular weight excluding hydrogens is 380 g/mol. The highest BCUT2D eigenvalue weighted by Gasteiger charge is 2.29. The summed E-state index contributed by atoms with van der Waals surface area (Å²) in [6.07, 6.45) is 2.76. The van der Waals surface area contributed by atoms with Gasteiger partial charge >= 0.3 is 5.97 Å². The molecule has 8 heteroatoms. The van der Waals surface area contributed by atoms with Gasteiger partial charge in [-0.15, -0.1) is 0 Å². The fraction of sp³-hybridized carbons (Fsp3) is 0.550. The summed E-state index contributed by atoms with van der Waals surface area (Å²) >= 11 is 0. The number of benzene rings is 1. The number of piperidine rings is 1. The molecule has 0 spiro atoms. The molecule has 154 valence electrons. The second-order valence-corrected chi connectivity index (χ2v) is 9.21. The molecule has 0 bridgehead atoms. The van der Waals surface area contributed by atoms with E-state index in [9.17, 15) is 13.2 Å². The number of morpholine rings is 1. The lowest BCUT2D eigenvalue weighted by atomic mass is 10.1. The molecule has 0 radical (unpaired) electrons. The van der Waals surface area contributed by atoms with Crippen LogP contribution < -0.4 is 4.90 Å². The lowest BCUT2D eigenvalue weighted by Gasteiger charge is -2.31. The van der Waals surface area contributed by atoms with Gasteiger partial charge in [-0.05, 0) is 43.5 Å². The molecule has 2 aliphatic heterocycles. The Kier molecular flexibility index (Phi) is 6.74. The van der Waals surface area contributed by atoms with Crippen molar-refractivity contribution in [3.63, 3.8) is 0 Å². The minimum absolute atomic E-state index is 0.102. The molecule has 28 heavy (non-hydrogen) atoms. The van der Waals surface area contributed by atoms with E-state index >= 15 is 0 Å². The fourth-order valence-electron chi connectivity index (χ4n) is 3.44. The van der Waals surface area contributed by atoms with Crippen molar-refractivity contribution < 1.29 is 22.7 Å². The first-order valence-corrected chi connectivity index (χ1v) is 11.1. The molecule has 2 fully saturated rings. The Hall–Kier alpha value is -1.90. The van der Waals surface area contributed by atoms with Gasteiger partial charge in [-0.25, -0.2) is 13.2 Å². The Morgan fingerprint density at radius 3 is 2.46 bits per heavy atom. The molecule has 0 saturated carbocycles. The number of nitrogens with zero attached hydrogens (tertiary/aromatic N) is 2. The number of hydrogen-bond acceptors (Lipinski definition) is 6. The second kappa shape index (κ2) is 9.07. The predicted molar refractivity (Wildman–Crippen MR) is 107 cm³/mol. The number of esters is 1. The first-order chi connectivity index (χ1) is 13.4. The van der Waals surface area contributed by atoms with Crippen LogP contribution in [0.5, 0.6) is 0 Å². The van der Waals surface area contributed by atoms with E-state index < -0.39 is 16.0 Å². The maximum atomic E-state index is 13.0. The number of sulfonamides is 1. The van der Waals surface area contributed by atoms with E-state index in [4.69, 9.17) is 9.47 Å². The first-order valence-electron chi connectivity index (χ1n) is 9.68. The normalized spacial score (nSPS) is 18.7. The highest BCUT2D eigenvalue weighted by Crippen LogP contribution is 2.28. The minimum Gasteiger partial charge on any atom is -0.458 e. The summed E-state index contributed by atoms with van der Waals surface area (Å²) in [7, 11) is -3.63. The van der Waals surface area contributed by atoms with Crippen LogP contribution in [0.25, 0.3) is 0 Å². The smallest absolute Gasteiger partial charge is 0.340 e. The lowest BCUT2D eigenvalue weighted by Crippen LogP contribution is -2.38. The van der Waals surface area contributed by atoms with Crippen LogP contribution in [0.15, 0.2) is 35.2 Å². The SMILES string of the molecule is C=C(C)COC(=O)c1cc(S(=O)(=O)N2CCCCC2)ccc1N1CCOCC1. The predicted octanol–water partition coefficient (Wildman–Crippen LogP) is 2.43. The molecule has 0 unspecified atom stereocenters. The van der Waals surface area contributed by atoms with Crippen LogP contribution in [0.3, 0.4) is 0 Å². The fourth-order valence-corrected chi connectivity index (χ4v) is 4.98. The van der Waals surface area contributed by atoms with Crippen LogP contribution in [0.1, 0.15) is 36.5 Å². The summed E-state index contributed by atoms with van der Waals surface area (Å²) in [5, 5.41) is 0. The number of anilines is 1. The van der Waals surface area contributed by atoms with E-state index in [-0.39, 0.29) is 17.1 Å². The molecule has 0 amide bonds. The molecule has 0 aliphatic carbocycles. The average Bonchev–Trinajstić information content (AvgIpc) is 2.72. The molecule has 2 heterocycles. The summed E-state index contributed by atoms with van der Waals surface area (Å²) in [5.74, 6) is -0.541. The van der Waals surface area contributed by atoms with Crippen LogP contribution in [0, 0.1) is 0 Å². The highest BCUT2D eigenvalue weighted by molar-refractivity contribution is 7.89. The third kappa shape index (κ3) is 4.74. The van der Waals surface area contributed by atoms with Gasteiger partial charge in [-0.3, -0.25) is 0 Å². The summed E-state index contributed by atoms with van der Waals surface area (Å²) in [6.45, 7) is 9.05. The van der Waals surface area contributed by atoms with Crippen LogP contribution in [-0.4, -0.2) is 64.7 Å². The average molecular weight is 409 g/mol. The molecule has 0 atom stereocenters. The van der Waals surface area contributed by atoms with E-state index in [0.717, 1.165) is 24.8 Å². The third-order valence-electron chi connectivity index (χ3n) is 4.94. The van der Waals surface area contributed by atoms with Crippen LogP contribution in [0.2, 0.25) is 0 Å². The van der Waals surface area contributed by atoms with Crippen molar-refractivity contribution in [2.75, 3.05) is 50.9 Å². The number of carbonyl (C=O) groups excluding carboxylic acids is 1. The molecule has 3 rings (SSSR count). The quantitative estimate of drug-likeness (QED) is 0.532. The van der Waals surface area contributed by atoms with Crippen molar-refractivity contribution in [3.8, 4) is 0 Å². The molecule has 2 saturated heterocycles. The molecule has 0 N–H and O–H groups in total. The van der Waals surface area contributed by atoms with Gasteiger partial charge in [0.05, 0.1) is 29.4 Å². The summed E-state index contributed by atoms with van der Waals surface area (Å²) in [5.41, 5.74) is 1.66. The van der Waals surface area contributed by atoms with Gasteiger partial charge in [0.2, 0.25) is 10.0 Å². The van der Waals surface area contributed by atoms with E-state index in [2.05, 4.69) is 6.58 Å². The van der Waals surface area contributed by atoms with Crippen molar-refractivity contribution in [1.82, 2.24) is 4.31 Å². The van der Waals surface area contributed by atoms with Crippen molar-refractivity contribution in [3.05, 3.63) is 35.9 Å². The molecule has 0 aromatic heterocycles. The maximum Gasteiger partial charge on any atom is 0.340 e. The summed E-state index contributed by atoms with van der Waals surface area (Å²) in [4.78, 5) is 14.9. The van der Waals surface area contributed by atoms with Gasteiger partial charge in [-0.1, -0.05) is 13.0 Å². The highest BCUT2D eigenvalue weighted by atomic mass is 32.2. The van der Waals surface area contributed by atoms with Crippen molar-refractivity contribution in [2.24, 2.45) is 0 Å². The van der Waals surface area contributed by atoms with Gasteiger partial charge in [0.1, 0.15) is 6.61 Å². The molecular formula is C20H28N2O5S.